The van der Waals surface area contributed by atoms with E-state index < -0.39 is 10.0 Å². The summed E-state index contributed by atoms with van der Waals surface area (Å²) < 4.78 is 28.7. The smallest absolute Gasteiger partial charge is 0.285 e. The lowest BCUT2D eigenvalue weighted by Crippen LogP contribution is -2.43. The normalized spacial score (nSPS) is 18.8. The summed E-state index contributed by atoms with van der Waals surface area (Å²) in [6.45, 7) is 3.22. The number of amidine groups is 1. The minimum absolute atomic E-state index is 0.0477. The van der Waals surface area contributed by atoms with Gasteiger partial charge in [0, 0.05) is 24.6 Å². The Morgan fingerprint density at radius 3 is 2.50 bits per heavy atom. The van der Waals surface area contributed by atoms with Gasteiger partial charge in [-0.15, -0.1) is 4.40 Å². The molecule has 1 saturated heterocycles. The SMILES string of the molecule is CC(NC(=O)C1CCN(C2=NS(=O)(=O)c3ccccc32)CC1)c1cccc2ccccc12. The molecule has 1 amide bonds. The van der Waals surface area contributed by atoms with E-state index in [0.717, 1.165) is 16.3 Å². The number of nitrogens with zero attached hydrogens (tertiary/aromatic N) is 2. The number of benzene rings is 3. The van der Waals surface area contributed by atoms with Crippen LogP contribution in [0.2, 0.25) is 0 Å². The second-order valence-corrected chi connectivity index (χ2v) is 10.0. The third kappa shape index (κ3) is 3.66. The molecule has 0 aromatic heterocycles. The van der Waals surface area contributed by atoms with Crippen molar-refractivity contribution in [3.8, 4) is 0 Å². The van der Waals surface area contributed by atoms with E-state index >= 15 is 0 Å². The van der Waals surface area contributed by atoms with Crippen molar-refractivity contribution in [2.45, 2.75) is 30.7 Å². The largest absolute Gasteiger partial charge is 0.355 e. The number of carbonyl (C=O) groups is 1. The van der Waals surface area contributed by atoms with Gasteiger partial charge in [0.15, 0.2) is 5.84 Å². The van der Waals surface area contributed by atoms with E-state index in [1.54, 1.807) is 18.2 Å². The van der Waals surface area contributed by atoms with Crippen LogP contribution in [0.1, 0.15) is 36.9 Å². The Kier molecular flexibility index (Phi) is 5.21. The lowest BCUT2D eigenvalue weighted by atomic mass is 9.94. The molecule has 2 heterocycles. The van der Waals surface area contributed by atoms with Crippen molar-refractivity contribution in [1.82, 2.24) is 10.2 Å². The molecule has 0 bridgehead atoms. The second-order valence-electron chi connectivity index (χ2n) is 8.45. The van der Waals surface area contributed by atoms with Gasteiger partial charge in [-0.1, -0.05) is 54.6 Å². The number of likely N-dealkylation sites (tertiary alicyclic amines) is 1. The molecule has 0 aliphatic carbocycles. The van der Waals surface area contributed by atoms with Gasteiger partial charge in [-0.2, -0.15) is 8.42 Å². The Labute approximate surface area is 188 Å². The summed E-state index contributed by atoms with van der Waals surface area (Å²) in [5.74, 6) is 0.451. The van der Waals surface area contributed by atoms with Gasteiger partial charge in [0.2, 0.25) is 5.91 Å². The number of hydrogen-bond donors (Lipinski definition) is 1. The molecule has 2 aliphatic rings. The quantitative estimate of drug-likeness (QED) is 0.661. The van der Waals surface area contributed by atoms with E-state index in [4.69, 9.17) is 0 Å². The molecular weight excluding hydrogens is 422 g/mol. The van der Waals surface area contributed by atoms with Crippen molar-refractivity contribution < 1.29 is 13.2 Å². The fraction of sp³-hybridized carbons (Fsp3) is 0.280. The fourth-order valence-electron chi connectivity index (χ4n) is 4.71. The molecule has 6 nitrogen and oxygen atoms in total. The number of hydrogen-bond acceptors (Lipinski definition) is 4. The van der Waals surface area contributed by atoms with E-state index in [0.29, 0.717) is 37.3 Å². The average Bonchev–Trinajstić information content (AvgIpc) is 3.09. The zero-order chi connectivity index (χ0) is 22.3. The number of piperidine rings is 1. The fourth-order valence-corrected chi connectivity index (χ4v) is 5.93. The van der Waals surface area contributed by atoms with Crippen LogP contribution in [0.15, 0.2) is 76.0 Å². The molecule has 5 rings (SSSR count). The summed E-state index contributed by atoms with van der Waals surface area (Å²) >= 11 is 0. The van der Waals surface area contributed by atoms with Gasteiger partial charge in [0.25, 0.3) is 10.0 Å². The van der Waals surface area contributed by atoms with Crippen LogP contribution in [-0.2, 0) is 14.8 Å². The van der Waals surface area contributed by atoms with E-state index in [1.165, 1.54) is 0 Å². The van der Waals surface area contributed by atoms with Crippen LogP contribution in [0.5, 0.6) is 0 Å². The second kappa shape index (κ2) is 8.06. The number of sulfonamides is 1. The summed E-state index contributed by atoms with van der Waals surface area (Å²) in [6.07, 6.45) is 1.32. The Balaban J connectivity index is 1.26. The topological polar surface area (TPSA) is 78.8 Å². The van der Waals surface area contributed by atoms with Crippen molar-refractivity contribution >= 4 is 32.5 Å². The van der Waals surface area contributed by atoms with Gasteiger partial charge >= 0.3 is 0 Å². The molecule has 32 heavy (non-hydrogen) atoms. The van der Waals surface area contributed by atoms with Crippen LogP contribution in [0.25, 0.3) is 10.8 Å². The van der Waals surface area contributed by atoms with Crippen LogP contribution in [0.3, 0.4) is 0 Å². The van der Waals surface area contributed by atoms with Gasteiger partial charge in [-0.25, -0.2) is 0 Å². The first-order valence-electron chi connectivity index (χ1n) is 10.9. The summed E-state index contributed by atoms with van der Waals surface area (Å²) in [6, 6.07) is 21.2. The highest BCUT2D eigenvalue weighted by atomic mass is 32.2. The van der Waals surface area contributed by atoms with Gasteiger partial charge in [0.1, 0.15) is 4.90 Å². The van der Waals surface area contributed by atoms with Gasteiger partial charge in [-0.05, 0) is 48.2 Å². The average molecular weight is 448 g/mol. The van der Waals surface area contributed by atoms with Crippen LogP contribution < -0.4 is 5.32 Å². The standard InChI is InChI=1S/C25H25N3O3S/c1-17(20-11-6-8-18-7-2-3-9-21(18)20)26-25(29)19-13-15-28(16-14-19)24-22-10-4-5-12-23(22)32(30,31)27-24/h2-12,17,19H,13-16H2,1H3,(H,26,29). The number of nitrogens with one attached hydrogen (secondary N) is 1. The molecule has 3 aromatic carbocycles. The maximum atomic E-state index is 13.0. The Hall–Kier alpha value is -3.19. The van der Waals surface area contributed by atoms with Crippen molar-refractivity contribution in [1.29, 1.82) is 0 Å². The zero-order valence-electron chi connectivity index (χ0n) is 17.9. The Morgan fingerprint density at radius 2 is 1.69 bits per heavy atom. The monoisotopic (exact) mass is 447 g/mol. The van der Waals surface area contributed by atoms with Gasteiger partial charge in [0.05, 0.1) is 6.04 Å². The predicted molar refractivity (Wildman–Crippen MR) is 125 cm³/mol. The van der Waals surface area contributed by atoms with Crippen molar-refractivity contribution in [2.24, 2.45) is 10.3 Å². The minimum atomic E-state index is -3.63. The maximum absolute atomic E-state index is 13.0. The van der Waals surface area contributed by atoms with Crippen molar-refractivity contribution in [2.75, 3.05) is 13.1 Å². The molecule has 1 unspecified atom stereocenters. The molecule has 2 aliphatic heterocycles. The summed E-state index contributed by atoms with van der Waals surface area (Å²) in [5.41, 5.74) is 1.76. The van der Waals surface area contributed by atoms with E-state index in [1.807, 2.05) is 36.1 Å². The first kappa shape index (κ1) is 20.7. The molecule has 164 valence electrons. The number of carbonyl (C=O) groups excluding carboxylic acids is 1. The lowest BCUT2D eigenvalue weighted by molar-refractivity contribution is -0.126. The molecule has 0 saturated carbocycles. The van der Waals surface area contributed by atoms with Gasteiger partial charge < -0.3 is 10.2 Å². The third-order valence-corrected chi connectivity index (χ3v) is 7.75. The first-order valence-corrected chi connectivity index (χ1v) is 12.4. The van der Waals surface area contributed by atoms with E-state index in [9.17, 15) is 13.2 Å². The van der Waals surface area contributed by atoms with Crippen LogP contribution >= 0.6 is 0 Å². The Bertz CT molecular complexity index is 1320. The van der Waals surface area contributed by atoms with Crippen LogP contribution in [-0.4, -0.2) is 38.2 Å². The molecule has 1 N–H and O–H groups in total. The molecule has 0 spiro atoms. The first-order chi connectivity index (χ1) is 15.4. The minimum Gasteiger partial charge on any atom is -0.355 e. The lowest BCUT2D eigenvalue weighted by Gasteiger charge is -2.33. The number of fused-ring (bicyclic) bond motifs is 2. The third-order valence-electron chi connectivity index (χ3n) is 6.43. The maximum Gasteiger partial charge on any atom is 0.285 e. The van der Waals surface area contributed by atoms with Crippen LogP contribution in [0.4, 0.5) is 0 Å². The highest BCUT2D eigenvalue weighted by molar-refractivity contribution is 7.90. The van der Waals surface area contributed by atoms with Crippen molar-refractivity contribution in [3.05, 3.63) is 77.9 Å². The Morgan fingerprint density at radius 1 is 1.00 bits per heavy atom. The highest BCUT2D eigenvalue weighted by Gasteiger charge is 2.34. The summed E-state index contributed by atoms with van der Waals surface area (Å²) in [5, 5.41) is 5.50. The predicted octanol–water partition coefficient (Wildman–Crippen LogP) is 3.88. The molecule has 1 atom stereocenters. The van der Waals surface area contributed by atoms with E-state index in [2.05, 4.69) is 34.0 Å². The van der Waals surface area contributed by atoms with Crippen LogP contribution in [0, 0.1) is 5.92 Å². The molecule has 7 heteroatoms. The molecule has 3 aromatic rings. The van der Waals surface area contributed by atoms with E-state index in [-0.39, 0.29) is 22.8 Å². The molecular formula is C25H25N3O3S. The number of rotatable bonds is 3. The number of amides is 1. The zero-order valence-corrected chi connectivity index (χ0v) is 18.7. The van der Waals surface area contributed by atoms with Gasteiger partial charge in [-0.3, -0.25) is 4.79 Å². The summed E-state index contributed by atoms with van der Waals surface area (Å²) in [4.78, 5) is 15.2. The van der Waals surface area contributed by atoms with Crippen molar-refractivity contribution in [3.63, 3.8) is 0 Å². The molecule has 0 radical (unpaired) electrons. The molecule has 1 fully saturated rings. The highest BCUT2D eigenvalue weighted by Crippen LogP contribution is 2.30. The summed E-state index contributed by atoms with van der Waals surface area (Å²) in [7, 11) is -3.63.